The predicted molar refractivity (Wildman–Crippen MR) is 48.5 cm³/mol. The summed E-state index contributed by atoms with van der Waals surface area (Å²) in [4.78, 5) is 12.5. The van der Waals surface area contributed by atoms with E-state index in [9.17, 15) is 18.0 Å². The molecule has 7 heteroatoms. The lowest BCUT2D eigenvalue weighted by Crippen LogP contribution is -2.59. The van der Waals surface area contributed by atoms with Gasteiger partial charge >= 0.3 is 12.1 Å². The first-order chi connectivity index (χ1) is 7.48. The van der Waals surface area contributed by atoms with Crippen molar-refractivity contribution in [2.75, 3.05) is 19.6 Å². The zero-order chi connectivity index (χ0) is 11.8. The average molecular weight is 238 g/mol. The molecule has 0 aromatic carbocycles. The van der Waals surface area contributed by atoms with Crippen molar-refractivity contribution in [3.05, 3.63) is 0 Å². The zero-order valence-electron chi connectivity index (χ0n) is 8.59. The Kier molecular flexibility index (Phi) is 3.07. The Morgan fingerprint density at radius 1 is 1.38 bits per heavy atom. The summed E-state index contributed by atoms with van der Waals surface area (Å²) < 4.78 is 40.5. The summed E-state index contributed by atoms with van der Waals surface area (Å²) in [6.07, 6.45) is -4.35. The average Bonchev–Trinajstić information content (AvgIpc) is 2.48. The highest BCUT2D eigenvalue weighted by Crippen LogP contribution is 2.26. The number of hydrogen-bond donors (Lipinski definition) is 1. The number of esters is 1. The molecular formula is C9H13F3N2O2. The molecule has 1 N–H and O–H groups in total. The third kappa shape index (κ3) is 2.30. The third-order valence-electron chi connectivity index (χ3n) is 2.94. The fourth-order valence-electron chi connectivity index (χ4n) is 2.00. The van der Waals surface area contributed by atoms with E-state index in [2.05, 4.69) is 10.1 Å². The number of likely N-dealkylation sites (tertiary alicyclic amines) is 1. The second kappa shape index (κ2) is 4.21. The summed E-state index contributed by atoms with van der Waals surface area (Å²) in [7, 11) is 0. The van der Waals surface area contributed by atoms with E-state index in [1.807, 2.05) is 4.90 Å². The quantitative estimate of drug-likeness (QED) is 0.711. The van der Waals surface area contributed by atoms with Crippen molar-refractivity contribution in [1.82, 2.24) is 10.2 Å². The minimum atomic E-state index is -4.90. The van der Waals surface area contributed by atoms with Crippen LogP contribution < -0.4 is 5.32 Å². The number of hydrogen-bond acceptors (Lipinski definition) is 4. The van der Waals surface area contributed by atoms with E-state index < -0.39 is 18.4 Å². The van der Waals surface area contributed by atoms with Crippen molar-refractivity contribution in [3.8, 4) is 0 Å². The first kappa shape index (κ1) is 11.7. The highest BCUT2D eigenvalue weighted by Gasteiger charge is 2.45. The highest BCUT2D eigenvalue weighted by atomic mass is 19.4. The summed E-state index contributed by atoms with van der Waals surface area (Å²) in [6.45, 7) is 2.20. The number of alkyl halides is 3. The molecule has 0 spiro atoms. The van der Waals surface area contributed by atoms with Gasteiger partial charge in [-0.3, -0.25) is 4.90 Å². The monoisotopic (exact) mass is 238 g/mol. The van der Waals surface area contributed by atoms with E-state index in [-0.39, 0.29) is 6.04 Å². The van der Waals surface area contributed by atoms with Crippen LogP contribution in [-0.4, -0.2) is 48.9 Å². The van der Waals surface area contributed by atoms with Crippen molar-refractivity contribution in [2.45, 2.75) is 31.3 Å². The first-order valence-electron chi connectivity index (χ1n) is 5.23. The Morgan fingerprint density at radius 2 is 2.06 bits per heavy atom. The molecule has 16 heavy (non-hydrogen) atoms. The Labute approximate surface area is 90.7 Å². The molecule has 2 saturated heterocycles. The Bertz CT molecular complexity index is 278. The molecule has 2 heterocycles. The highest BCUT2D eigenvalue weighted by molar-refractivity contribution is 5.75. The van der Waals surface area contributed by atoms with Gasteiger partial charge in [0.2, 0.25) is 0 Å². The number of rotatable bonds is 2. The summed E-state index contributed by atoms with van der Waals surface area (Å²) >= 11 is 0. The fraction of sp³-hybridized carbons (Fsp3) is 0.889. The minimum absolute atomic E-state index is 0.202. The molecule has 2 aliphatic rings. The van der Waals surface area contributed by atoms with Crippen LogP contribution in [-0.2, 0) is 9.53 Å². The van der Waals surface area contributed by atoms with Crippen LogP contribution in [0.4, 0.5) is 13.2 Å². The van der Waals surface area contributed by atoms with Crippen molar-refractivity contribution in [3.63, 3.8) is 0 Å². The Balaban J connectivity index is 1.90. The van der Waals surface area contributed by atoms with E-state index in [1.54, 1.807) is 0 Å². The second-order valence-electron chi connectivity index (χ2n) is 4.05. The van der Waals surface area contributed by atoms with Gasteiger partial charge in [0.1, 0.15) is 0 Å². The number of carbonyl (C=O) groups excluding carboxylic acids is 1. The first-order valence-corrected chi connectivity index (χ1v) is 5.23. The van der Waals surface area contributed by atoms with Crippen LogP contribution in [0, 0.1) is 0 Å². The summed E-state index contributed by atoms with van der Waals surface area (Å²) in [5, 5.41) is 3.04. The maximum Gasteiger partial charge on any atom is 0.490 e. The second-order valence-corrected chi connectivity index (χ2v) is 4.05. The van der Waals surface area contributed by atoms with Crippen molar-refractivity contribution < 1.29 is 22.7 Å². The molecule has 2 aliphatic heterocycles. The maximum atomic E-state index is 12.0. The van der Waals surface area contributed by atoms with Crippen molar-refractivity contribution in [1.29, 1.82) is 0 Å². The number of halogens is 3. The summed E-state index contributed by atoms with van der Waals surface area (Å²) in [5.41, 5.74) is 0. The van der Waals surface area contributed by atoms with Gasteiger partial charge in [0, 0.05) is 25.7 Å². The van der Waals surface area contributed by atoms with Crippen LogP contribution >= 0.6 is 0 Å². The molecule has 2 fully saturated rings. The van der Waals surface area contributed by atoms with E-state index in [4.69, 9.17) is 0 Å². The molecule has 1 atom stereocenters. The number of nitrogens with one attached hydrogen (secondary N) is 1. The smallest absolute Gasteiger partial charge is 0.440 e. The molecule has 4 nitrogen and oxygen atoms in total. The molecule has 0 saturated carbocycles. The van der Waals surface area contributed by atoms with Gasteiger partial charge in [0.15, 0.2) is 6.23 Å². The number of nitrogens with zero attached hydrogens (tertiary/aromatic N) is 1. The topological polar surface area (TPSA) is 41.6 Å². The molecule has 0 radical (unpaired) electrons. The molecule has 0 aromatic heterocycles. The van der Waals surface area contributed by atoms with Gasteiger partial charge in [-0.05, 0) is 12.8 Å². The van der Waals surface area contributed by atoms with E-state index in [0.717, 1.165) is 19.5 Å². The van der Waals surface area contributed by atoms with Crippen molar-refractivity contribution >= 4 is 5.97 Å². The number of ether oxygens (including phenoxy) is 1. The zero-order valence-corrected chi connectivity index (χ0v) is 8.59. The van der Waals surface area contributed by atoms with Gasteiger partial charge < -0.3 is 10.1 Å². The van der Waals surface area contributed by atoms with E-state index in [1.165, 1.54) is 0 Å². The SMILES string of the molecule is O=C(OC1CCCN1C1CNC1)C(F)(F)F. The van der Waals surface area contributed by atoms with Gasteiger partial charge in [-0.2, -0.15) is 13.2 Å². The molecule has 0 bridgehead atoms. The maximum absolute atomic E-state index is 12.0. The third-order valence-corrected chi connectivity index (χ3v) is 2.94. The van der Waals surface area contributed by atoms with E-state index >= 15 is 0 Å². The minimum Gasteiger partial charge on any atom is -0.440 e. The van der Waals surface area contributed by atoms with Gasteiger partial charge in [-0.25, -0.2) is 4.79 Å². The molecule has 0 aromatic rings. The van der Waals surface area contributed by atoms with Crippen LogP contribution in [0.15, 0.2) is 0 Å². The van der Waals surface area contributed by atoms with Crippen molar-refractivity contribution in [2.24, 2.45) is 0 Å². The van der Waals surface area contributed by atoms with Crippen LogP contribution in [0.3, 0.4) is 0 Å². The normalized spacial score (nSPS) is 27.8. The van der Waals surface area contributed by atoms with Gasteiger partial charge in [0.25, 0.3) is 0 Å². The van der Waals surface area contributed by atoms with Crippen LogP contribution in [0.2, 0.25) is 0 Å². The Hall–Kier alpha value is -0.820. The van der Waals surface area contributed by atoms with Gasteiger partial charge in [-0.1, -0.05) is 0 Å². The molecule has 0 aliphatic carbocycles. The van der Waals surface area contributed by atoms with Crippen LogP contribution in [0.25, 0.3) is 0 Å². The standard InChI is InChI=1S/C9H13F3N2O2/c10-9(11,12)8(15)16-7-2-1-3-14(7)6-4-13-5-6/h6-7,13H,1-5H2. The molecule has 2 rings (SSSR count). The summed E-state index contributed by atoms with van der Waals surface area (Å²) in [6, 6.07) is 0.202. The lowest BCUT2D eigenvalue weighted by molar-refractivity contribution is -0.212. The summed E-state index contributed by atoms with van der Waals surface area (Å²) in [5.74, 6) is -2.09. The van der Waals surface area contributed by atoms with Gasteiger partial charge in [-0.15, -0.1) is 0 Å². The predicted octanol–water partition coefficient (Wildman–Crippen LogP) is 0.486. The molecule has 92 valence electrons. The van der Waals surface area contributed by atoms with E-state index in [0.29, 0.717) is 13.0 Å². The Morgan fingerprint density at radius 3 is 2.56 bits per heavy atom. The molecular weight excluding hydrogens is 225 g/mol. The molecule has 0 amide bonds. The lowest BCUT2D eigenvalue weighted by atomic mass is 10.1. The largest absolute Gasteiger partial charge is 0.490 e. The lowest BCUT2D eigenvalue weighted by Gasteiger charge is -2.38. The van der Waals surface area contributed by atoms with Gasteiger partial charge in [0.05, 0.1) is 0 Å². The fourth-order valence-corrected chi connectivity index (χ4v) is 2.00. The van der Waals surface area contributed by atoms with Crippen LogP contribution in [0.1, 0.15) is 12.8 Å². The number of carbonyl (C=O) groups is 1. The molecule has 1 unspecified atom stereocenters. The van der Waals surface area contributed by atoms with Crippen LogP contribution in [0.5, 0.6) is 0 Å².